The van der Waals surface area contributed by atoms with Crippen LogP contribution in [-0.2, 0) is 30.7 Å². The third-order valence-electron chi connectivity index (χ3n) is 7.73. The summed E-state index contributed by atoms with van der Waals surface area (Å²) in [7, 11) is 0. The Morgan fingerprint density at radius 3 is 2.84 bits per heavy atom. The summed E-state index contributed by atoms with van der Waals surface area (Å²) in [6.45, 7) is 4.37. The molecule has 43 heavy (non-hydrogen) atoms. The zero-order valence-electron chi connectivity index (χ0n) is 23.3. The van der Waals surface area contributed by atoms with E-state index in [1.165, 1.54) is 17.7 Å². The number of halogens is 2. The molecule has 7 rings (SSSR count). The highest BCUT2D eigenvalue weighted by atomic mass is 35.5. The average Bonchev–Trinajstić information content (AvgIpc) is 3.59. The predicted molar refractivity (Wildman–Crippen MR) is 165 cm³/mol. The minimum atomic E-state index is -0.507. The van der Waals surface area contributed by atoms with E-state index >= 15 is 0 Å². The number of aliphatic hydroxyl groups is 1. The lowest BCUT2D eigenvalue weighted by atomic mass is 9.95. The number of fused-ring (bicyclic) bond motifs is 5. The monoisotopic (exact) mass is 620 g/mol. The van der Waals surface area contributed by atoms with Crippen molar-refractivity contribution in [1.82, 2.24) is 24.6 Å². The molecule has 1 unspecified atom stereocenters. The van der Waals surface area contributed by atoms with Crippen molar-refractivity contribution in [3.63, 3.8) is 0 Å². The Kier molecular flexibility index (Phi) is 7.98. The number of hydrogen-bond acceptors (Lipinski definition) is 9. The van der Waals surface area contributed by atoms with Gasteiger partial charge in [-0.2, -0.15) is 5.10 Å². The number of aliphatic hydroxyl groups excluding tert-OH is 1. The maximum atomic E-state index is 13.5. The number of nitrogens with zero attached hydrogens (tertiary/aromatic N) is 5. The van der Waals surface area contributed by atoms with E-state index in [1.807, 2.05) is 16.9 Å². The summed E-state index contributed by atoms with van der Waals surface area (Å²) in [4.78, 5) is 13.4. The quantitative estimate of drug-likeness (QED) is 0.224. The Morgan fingerprint density at radius 2 is 2.00 bits per heavy atom. The Labute approximate surface area is 256 Å². The van der Waals surface area contributed by atoms with E-state index in [1.54, 1.807) is 41.9 Å². The average molecular weight is 621 g/mol. The first-order valence-corrected chi connectivity index (χ1v) is 15.4. The molecule has 1 saturated heterocycles. The number of hydrogen-bond donors (Lipinski definition) is 2. The second-order valence-electron chi connectivity index (χ2n) is 10.8. The second kappa shape index (κ2) is 12.2. The van der Waals surface area contributed by atoms with E-state index in [4.69, 9.17) is 26.2 Å². The SMILES string of the molecule is OC(CN1CCOCC1)Cn1cc2c(n1)CCc1c-2sc2ncnc(Nc3ccc(OCc4cccc(F)c4)c(Cl)c3)c12. The van der Waals surface area contributed by atoms with Gasteiger partial charge in [-0.05, 0) is 54.3 Å². The predicted octanol–water partition coefficient (Wildman–Crippen LogP) is 5.46. The summed E-state index contributed by atoms with van der Waals surface area (Å²) < 4.78 is 26.6. The zero-order chi connectivity index (χ0) is 29.3. The minimum Gasteiger partial charge on any atom is -0.487 e. The van der Waals surface area contributed by atoms with Gasteiger partial charge in [0.25, 0.3) is 0 Å². The number of morpholine rings is 1. The van der Waals surface area contributed by atoms with E-state index in [9.17, 15) is 9.50 Å². The van der Waals surface area contributed by atoms with Crippen molar-refractivity contribution in [2.24, 2.45) is 0 Å². The molecule has 1 aliphatic carbocycles. The molecule has 5 aromatic rings. The van der Waals surface area contributed by atoms with Gasteiger partial charge in [-0.15, -0.1) is 11.3 Å². The molecule has 1 fully saturated rings. The van der Waals surface area contributed by atoms with E-state index in [2.05, 4.69) is 20.2 Å². The molecule has 0 saturated carbocycles. The van der Waals surface area contributed by atoms with E-state index in [-0.39, 0.29) is 12.4 Å². The van der Waals surface area contributed by atoms with Crippen molar-refractivity contribution in [3.8, 4) is 16.2 Å². The number of β-amino-alcohol motifs (C(OH)–C–C–N with tert-alkyl or cyclic N) is 1. The van der Waals surface area contributed by atoms with Crippen molar-refractivity contribution < 1.29 is 19.0 Å². The van der Waals surface area contributed by atoms with Crippen LogP contribution in [0, 0.1) is 5.82 Å². The fourth-order valence-electron chi connectivity index (χ4n) is 5.69. The van der Waals surface area contributed by atoms with Crippen LogP contribution in [0.3, 0.4) is 0 Å². The molecule has 2 N–H and O–H groups in total. The highest BCUT2D eigenvalue weighted by molar-refractivity contribution is 7.22. The summed E-state index contributed by atoms with van der Waals surface area (Å²) in [5, 5.41) is 20.4. The molecule has 9 nitrogen and oxygen atoms in total. The standard InChI is InChI=1S/C31H30ClFN6O3S/c32-25-13-21(4-7-27(25)42-17-19-2-1-3-20(33)12-19)36-30-28-23-5-6-26-24(29(23)43-31(28)35-18-34-30)16-39(37-26)15-22(40)14-38-8-10-41-11-9-38/h1-4,7,12-13,16,18,22,40H,5-6,8-11,14-15,17H2,(H,34,35,36). The Morgan fingerprint density at radius 1 is 1.12 bits per heavy atom. The number of nitrogens with one attached hydrogen (secondary N) is 1. The molecule has 0 radical (unpaired) electrons. The van der Waals surface area contributed by atoms with Crippen LogP contribution < -0.4 is 10.1 Å². The Bertz CT molecular complexity index is 1770. The maximum Gasteiger partial charge on any atom is 0.142 e. The molecule has 1 aliphatic heterocycles. The van der Waals surface area contributed by atoms with Crippen LogP contribution in [0.2, 0.25) is 5.02 Å². The van der Waals surface area contributed by atoms with Crippen LogP contribution in [-0.4, -0.2) is 68.7 Å². The van der Waals surface area contributed by atoms with Crippen LogP contribution in [0.4, 0.5) is 15.9 Å². The zero-order valence-corrected chi connectivity index (χ0v) is 24.9. The normalized spacial score (nSPS) is 15.7. The van der Waals surface area contributed by atoms with Crippen molar-refractivity contribution in [2.45, 2.75) is 32.1 Å². The summed E-state index contributed by atoms with van der Waals surface area (Å²) in [5.41, 5.74) is 4.82. The van der Waals surface area contributed by atoms with Crippen LogP contribution in [0.15, 0.2) is 55.0 Å². The van der Waals surface area contributed by atoms with Gasteiger partial charge in [0.1, 0.15) is 35.1 Å². The topological polar surface area (TPSA) is 97.6 Å². The number of ether oxygens (including phenoxy) is 2. The molecule has 0 amide bonds. The number of thiophene rings is 1. The molecule has 3 aromatic heterocycles. The first-order valence-electron chi connectivity index (χ1n) is 14.3. The van der Waals surface area contributed by atoms with Gasteiger partial charge in [0.2, 0.25) is 0 Å². The van der Waals surface area contributed by atoms with Gasteiger partial charge in [-0.1, -0.05) is 23.7 Å². The van der Waals surface area contributed by atoms with Gasteiger partial charge >= 0.3 is 0 Å². The van der Waals surface area contributed by atoms with Crippen LogP contribution in [0.25, 0.3) is 20.7 Å². The molecule has 2 aromatic carbocycles. The second-order valence-corrected chi connectivity index (χ2v) is 12.2. The van der Waals surface area contributed by atoms with Crippen molar-refractivity contribution >= 4 is 44.7 Å². The highest BCUT2D eigenvalue weighted by Crippen LogP contribution is 2.45. The third-order valence-corrected chi connectivity index (χ3v) is 9.20. The van der Waals surface area contributed by atoms with E-state index in [0.29, 0.717) is 42.9 Å². The number of anilines is 2. The molecular formula is C31H30ClFN6O3S. The van der Waals surface area contributed by atoms with Gasteiger partial charge in [0, 0.05) is 42.0 Å². The first-order chi connectivity index (χ1) is 21.0. The summed E-state index contributed by atoms with van der Waals surface area (Å²) in [6, 6.07) is 11.8. The third kappa shape index (κ3) is 6.09. The summed E-state index contributed by atoms with van der Waals surface area (Å²) in [5.74, 6) is 0.919. The van der Waals surface area contributed by atoms with Gasteiger partial charge in [0.05, 0.1) is 42.0 Å². The number of aromatic nitrogens is 4. The molecule has 12 heteroatoms. The van der Waals surface area contributed by atoms with Crippen molar-refractivity contribution in [3.05, 3.63) is 82.6 Å². The van der Waals surface area contributed by atoms with Gasteiger partial charge in [-0.3, -0.25) is 9.58 Å². The molecule has 2 aliphatic rings. The van der Waals surface area contributed by atoms with Crippen molar-refractivity contribution in [2.75, 3.05) is 38.2 Å². The summed E-state index contributed by atoms with van der Waals surface area (Å²) in [6.07, 6.45) is 4.74. The first kappa shape index (κ1) is 28.2. The van der Waals surface area contributed by atoms with E-state index in [0.717, 1.165) is 63.5 Å². The highest BCUT2D eigenvalue weighted by Gasteiger charge is 2.27. The van der Waals surface area contributed by atoms with Gasteiger partial charge < -0.3 is 19.9 Å². The summed E-state index contributed by atoms with van der Waals surface area (Å²) >= 11 is 8.19. The lowest BCUT2D eigenvalue weighted by molar-refractivity contribution is 0.0108. The number of benzene rings is 2. The molecule has 0 spiro atoms. The number of aryl methyl sites for hydroxylation is 2. The van der Waals surface area contributed by atoms with E-state index < -0.39 is 6.10 Å². The lowest BCUT2D eigenvalue weighted by Crippen LogP contribution is -2.42. The van der Waals surface area contributed by atoms with Crippen LogP contribution in [0.5, 0.6) is 5.75 Å². The fraction of sp³-hybridized carbons (Fsp3) is 0.323. The van der Waals surface area contributed by atoms with Gasteiger partial charge in [-0.25, -0.2) is 14.4 Å². The largest absolute Gasteiger partial charge is 0.487 e. The van der Waals surface area contributed by atoms with Crippen LogP contribution >= 0.6 is 22.9 Å². The Balaban J connectivity index is 1.09. The molecule has 1 atom stereocenters. The smallest absolute Gasteiger partial charge is 0.142 e. The lowest BCUT2D eigenvalue weighted by Gasteiger charge is -2.28. The Hall–Kier alpha value is -3.61. The molecular weight excluding hydrogens is 591 g/mol. The maximum absolute atomic E-state index is 13.5. The van der Waals surface area contributed by atoms with Crippen LogP contribution in [0.1, 0.15) is 16.8 Å². The number of rotatable bonds is 9. The molecule has 0 bridgehead atoms. The van der Waals surface area contributed by atoms with Crippen molar-refractivity contribution in [1.29, 1.82) is 0 Å². The van der Waals surface area contributed by atoms with Gasteiger partial charge in [0.15, 0.2) is 0 Å². The minimum absolute atomic E-state index is 0.212. The molecule has 4 heterocycles. The fourth-order valence-corrected chi connectivity index (χ4v) is 7.15. The molecule has 222 valence electrons.